The van der Waals surface area contributed by atoms with E-state index < -0.39 is 21.7 Å². The predicted molar refractivity (Wildman–Crippen MR) is 103 cm³/mol. The lowest BCUT2D eigenvalue weighted by atomic mass is 10.1. The van der Waals surface area contributed by atoms with Crippen molar-refractivity contribution in [3.05, 3.63) is 42.5 Å². The van der Waals surface area contributed by atoms with Gasteiger partial charge in [0.25, 0.3) is 0 Å². The average Bonchev–Trinajstić information content (AvgIpc) is 2.95. The standard InChI is InChI=1S/C18H20N4O4S/c1-18(2,3)26-17(23)20-12-7-8-15-14(10-12)16(22-21-15)11-5-4-6-13(9-11)27(19,24)25/h4-10H,1-3H3,(H,20,23)(H,21,22)(H2,19,24,25). The predicted octanol–water partition coefficient (Wildman–Crippen LogP) is 3.22. The van der Waals surface area contributed by atoms with Crippen LogP contribution in [0.3, 0.4) is 0 Å². The maximum Gasteiger partial charge on any atom is 0.412 e. The molecule has 0 fully saturated rings. The van der Waals surface area contributed by atoms with Gasteiger partial charge in [0.1, 0.15) is 11.3 Å². The molecule has 8 nitrogen and oxygen atoms in total. The maximum atomic E-state index is 12.0. The van der Waals surface area contributed by atoms with Gasteiger partial charge in [0, 0.05) is 16.6 Å². The summed E-state index contributed by atoms with van der Waals surface area (Å²) in [6.07, 6.45) is -0.567. The summed E-state index contributed by atoms with van der Waals surface area (Å²) in [5.41, 5.74) is 1.79. The van der Waals surface area contributed by atoms with E-state index in [1.54, 1.807) is 51.1 Å². The van der Waals surface area contributed by atoms with Crippen LogP contribution in [0.4, 0.5) is 10.5 Å². The highest BCUT2D eigenvalue weighted by atomic mass is 32.2. The molecule has 27 heavy (non-hydrogen) atoms. The van der Waals surface area contributed by atoms with Crippen LogP contribution in [0.1, 0.15) is 20.8 Å². The molecule has 1 heterocycles. The summed E-state index contributed by atoms with van der Waals surface area (Å²) in [5, 5.41) is 15.8. The highest BCUT2D eigenvalue weighted by molar-refractivity contribution is 7.89. The number of carbonyl (C=O) groups excluding carboxylic acids is 1. The molecule has 0 saturated heterocycles. The number of aromatic nitrogens is 2. The Balaban J connectivity index is 1.98. The fourth-order valence-corrected chi connectivity index (χ4v) is 3.11. The van der Waals surface area contributed by atoms with Gasteiger partial charge in [-0.25, -0.2) is 18.4 Å². The Morgan fingerprint density at radius 3 is 2.59 bits per heavy atom. The number of hydrogen-bond acceptors (Lipinski definition) is 5. The zero-order valence-electron chi connectivity index (χ0n) is 15.1. The van der Waals surface area contributed by atoms with Crippen LogP contribution in [-0.4, -0.2) is 30.3 Å². The molecule has 0 atom stereocenters. The highest BCUT2D eigenvalue weighted by Gasteiger charge is 2.17. The van der Waals surface area contributed by atoms with E-state index in [9.17, 15) is 13.2 Å². The number of sulfonamides is 1. The Kier molecular flexibility index (Phi) is 4.66. The quantitative estimate of drug-likeness (QED) is 0.635. The van der Waals surface area contributed by atoms with Crippen molar-refractivity contribution in [3.63, 3.8) is 0 Å². The molecule has 0 aliphatic carbocycles. The Morgan fingerprint density at radius 2 is 1.93 bits per heavy atom. The van der Waals surface area contributed by atoms with E-state index in [0.29, 0.717) is 16.9 Å². The molecule has 4 N–H and O–H groups in total. The van der Waals surface area contributed by atoms with Gasteiger partial charge in [-0.1, -0.05) is 12.1 Å². The minimum Gasteiger partial charge on any atom is -0.444 e. The lowest BCUT2D eigenvalue weighted by Crippen LogP contribution is -2.27. The van der Waals surface area contributed by atoms with Gasteiger partial charge in [-0.2, -0.15) is 5.10 Å². The number of primary sulfonamides is 1. The molecule has 0 bridgehead atoms. The average molecular weight is 388 g/mol. The van der Waals surface area contributed by atoms with Crippen LogP contribution in [0, 0.1) is 0 Å². The number of nitrogens with one attached hydrogen (secondary N) is 2. The van der Waals surface area contributed by atoms with Crippen molar-refractivity contribution in [3.8, 4) is 11.3 Å². The number of hydrogen-bond donors (Lipinski definition) is 3. The van der Waals surface area contributed by atoms with E-state index >= 15 is 0 Å². The van der Waals surface area contributed by atoms with Gasteiger partial charge in [0.2, 0.25) is 10.0 Å². The second-order valence-electron chi connectivity index (χ2n) is 7.03. The number of benzene rings is 2. The molecule has 0 spiro atoms. The molecule has 0 aliphatic rings. The second kappa shape index (κ2) is 6.67. The van der Waals surface area contributed by atoms with Crippen LogP contribution in [0.15, 0.2) is 47.4 Å². The molecular formula is C18H20N4O4S. The smallest absolute Gasteiger partial charge is 0.412 e. The lowest BCUT2D eigenvalue weighted by molar-refractivity contribution is 0.0636. The van der Waals surface area contributed by atoms with Crippen molar-refractivity contribution in [2.24, 2.45) is 5.14 Å². The summed E-state index contributed by atoms with van der Waals surface area (Å²) in [6, 6.07) is 11.4. The van der Waals surface area contributed by atoms with Crippen molar-refractivity contribution in [1.82, 2.24) is 10.2 Å². The van der Waals surface area contributed by atoms with Gasteiger partial charge >= 0.3 is 6.09 Å². The summed E-state index contributed by atoms with van der Waals surface area (Å²) < 4.78 is 28.4. The molecule has 0 saturated carbocycles. The summed E-state index contributed by atoms with van der Waals surface area (Å²) in [6.45, 7) is 5.34. The van der Waals surface area contributed by atoms with Gasteiger partial charge in [-0.3, -0.25) is 10.4 Å². The number of carbonyl (C=O) groups is 1. The molecule has 9 heteroatoms. The molecular weight excluding hydrogens is 368 g/mol. The van der Waals surface area contributed by atoms with Crippen LogP contribution in [0.5, 0.6) is 0 Å². The van der Waals surface area contributed by atoms with Crippen LogP contribution >= 0.6 is 0 Å². The number of aromatic amines is 1. The van der Waals surface area contributed by atoms with E-state index in [1.807, 2.05) is 0 Å². The third-order valence-electron chi connectivity index (χ3n) is 3.64. The SMILES string of the molecule is CC(C)(C)OC(=O)Nc1ccc2[nH]nc(-c3cccc(S(N)(=O)=O)c3)c2c1. The van der Waals surface area contributed by atoms with Crippen molar-refractivity contribution in [1.29, 1.82) is 0 Å². The number of amides is 1. The monoisotopic (exact) mass is 388 g/mol. The number of nitrogens with zero attached hydrogens (tertiary/aromatic N) is 1. The van der Waals surface area contributed by atoms with E-state index in [0.717, 1.165) is 10.9 Å². The molecule has 0 aliphatic heterocycles. The van der Waals surface area contributed by atoms with Crippen molar-refractivity contribution in [2.45, 2.75) is 31.3 Å². The van der Waals surface area contributed by atoms with Crippen LogP contribution in [0.25, 0.3) is 22.2 Å². The third kappa shape index (κ3) is 4.44. The minimum atomic E-state index is -3.82. The number of fused-ring (bicyclic) bond motifs is 1. The first-order valence-electron chi connectivity index (χ1n) is 8.14. The fourth-order valence-electron chi connectivity index (χ4n) is 2.55. The van der Waals surface area contributed by atoms with Gasteiger partial charge in [0.05, 0.1) is 10.4 Å². The molecule has 3 aromatic rings. The van der Waals surface area contributed by atoms with E-state index in [2.05, 4.69) is 15.5 Å². The topological polar surface area (TPSA) is 127 Å². The molecule has 2 aromatic carbocycles. The number of nitrogens with two attached hydrogens (primary N) is 1. The molecule has 142 valence electrons. The number of ether oxygens (including phenoxy) is 1. The third-order valence-corrected chi connectivity index (χ3v) is 4.56. The van der Waals surface area contributed by atoms with Gasteiger partial charge < -0.3 is 4.74 Å². The molecule has 0 radical (unpaired) electrons. The molecule has 1 amide bonds. The Hall–Kier alpha value is -2.91. The minimum absolute atomic E-state index is 0.000755. The second-order valence-corrected chi connectivity index (χ2v) is 8.59. The maximum absolute atomic E-state index is 12.0. The summed E-state index contributed by atoms with van der Waals surface area (Å²) in [5.74, 6) is 0. The largest absolute Gasteiger partial charge is 0.444 e. The van der Waals surface area contributed by atoms with Gasteiger partial charge in [-0.15, -0.1) is 0 Å². The van der Waals surface area contributed by atoms with E-state index in [4.69, 9.17) is 9.88 Å². The van der Waals surface area contributed by atoms with Crippen LogP contribution in [-0.2, 0) is 14.8 Å². The zero-order valence-corrected chi connectivity index (χ0v) is 15.9. The summed E-state index contributed by atoms with van der Waals surface area (Å²) in [4.78, 5) is 12.0. The molecule has 3 rings (SSSR count). The van der Waals surface area contributed by atoms with E-state index in [1.165, 1.54) is 12.1 Å². The van der Waals surface area contributed by atoms with Gasteiger partial charge in [-0.05, 0) is 51.1 Å². The number of rotatable bonds is 3. The first kappa shape index (κ1) is 18.9. The van der Waals surface area contributed by atoms with Crippen molar-refractivity contribution >= 4 is 32.7 Å². The summed E-state index contributed by atoms with van der Waals surface area (Å²) in [7, 11) is -3.82. The first-order valence-corrected chi connectivity index (χ1v) is 9.69. The Labute approximate surface area is 156 Å². The first-order chi connectivity index (χ1) is 12.5. The molecule has 1 aromatic heterocycles. The van der Waals surface area contributed by atoms with Crippen LogP contribution in [0.2, 0.25) is 0 Å². The number of H-pyrrole nitrogens is 1. The Bertz CT molecular complexity index is 1110. The van der Waals surface area contributed by atoms with Crippen LogP contribution < -0.4 is 10.5 Å². The fraction of sp³-hybridized carbons (Fsp3) is 0.222. The normalized spacial score (nSPS) is 12.1. The highest BCUT2D eigenvalue weighted by Crippen LogP contribution is 2.29. The number of anilines is 1. The Morgan fingerprint density at radius 1 is 1.19 bits per heavy atom. The zero-order chi connectivity index (χ0) is 19.8. The van der Waals surface area contributed by atoms with Crippen molar-refractivity contribution < 1.29 is 17.9 Å². The van der Waals surface area contributed by atoms with Gasteiger partial charge in [0.15, 0.2) is 0 Å². The molecule has 0 unspecified atom stereocenters. The summed E-state index contributed by atoms with van der Waals surface area (Å²) >= 11 is 0. The van der Waals surface area contributed by atoms with Crippen molar-refractivity contribution in [2.75, 3.05) is 5.32 Å². The lowest BCUT2D eigenvalue weighted by Gasteiger charge is -2.19. The van der Waals surface area contributed by atoms with E-state index in [-0.39, 0.29) is 4.90 Å².